The van der Waals surface area contributed by atoms with Gasteiger partial charge in [-0.1, -0.05) is 6.92 Å². The summed E-state index contributed by atoms with van der Waals surface area (Å²) in [5.74, 6) is 5.65. The molecule has 6 nitrogen and oxygen atoms in total. The lowest BCUT2D eigenvalue weighted by atomic mass is 10.2. The van der Waals surface area contributed by atoms with Gasteiger partial charge < -0.3 is 9.15 Å². The molecule has 1 aromatic heterocycles. The fraction of sp³-hybridized carbons (Fsp3) is 0.583. The van der Waals surface area contributed by atoms with Crippen LogP contribution in [0.25, 0.3) is 0 Å². The Morgan fingerprint density at radius 1 is 1.61 bits per heavy atom. The normalized spacial score (nSPS) is 20.9. The number of nitrogens with zero attached hydrogens (tertiary/aromatic N) is 1. The maximum Gasteiger partial charge on any atom is 0.300 e. The van der Waals surface area contributed by atoms with Crippen molar-refractivity contribution in [2.24, 2.45) is 5.84 Å². The van der Waals surface area contributed by atoms with Crippen LogP contribution in [0, 0.1) is 0 Å². The van der Waals surface area contributed by atoms with E-state index in [4.69, 9.17) is 15.0 Å². The molecule has 0 bridgehead atoms. The fourth-order valence-electron chi connectivity index (χ4n) is 2.05. The van der Waals surface area contributed by atoms with E-state index < -0.39 is 5.91 Å². The van der Waals surface area contributed by atoms with Crippen LogP contribution < -0.4 is 11.3 Å². The molecule has 6 heteroatoms. The molecule has 0 radical (unpaired) electrons. The van der Waals surface area contributed by atoms with Gasteiger partial charge in [0.15, 0.2) is 5.76 Å². The first-order valence-electron chi connectivity index (χ1n) is 6.16. The molecule has 0 aromatic carbocycles. The van der Waals surface area contributed by atoms with Gasteiger partial charge in [0, 0.05) is 13.1 Å². The Hall–Kier alpha value is -1.37. The maximum atomic E-state index is 11.3. The highest BCUT2D eigenvalue weighted by molar-refractivity contribution is 5.90. The monoisotopic (exact) mass is 253 g/mol. The average Bonchev–Trinajstić information content (AvgIpc) is 2.86. The van der Waals surface area contributed by atoms with Crippen molar-refractivity contribution in [2.45, 2.75) is 26.0 Å². The molecule has 2 rings (SSSR count). The van der Waals surface area contributed by atoms with Crippen molar-refractivity contribution in [1.82, 2.24) is 10.3 Å². The zero-order valence-electron chi connectivity index (χ0n) is 10.5. The molecular formula is C12H19N3O3. The second-order valence-corrected chi connectivity index (χ2v) is 4.38. The van der Waals surface area contributed by atoms with E-state index in [0.29, 0.717) is 12.6 Å². The molecule has 1 aliphatic rings. The summed E-state index contributed by atoms with van der Waals surface area (Å²) in [5.41, 5.74) is 2.05. The summed E-state index contributed by atoms with van der Waals surface area (Å²) in [5, 5.41) is 0. The zero-order chi connectivity index (χ0) is 13.0. The van der Waals surface area contributed by atoms with Gasteiger partial charge in [-0.05, 0) is 18.6 Å². The molecule has 1 atom stereocenters. The molecule has 0 aliphatic carbocycles. The number of carbonyl (C=O) groups is 1. The Morgan fingerprint density at radius 2 is 2.44 bits per heavy atom. The highest BCUT2D eigenvalue weighted by atomic mass is 16.5. The average molecular weight is 253 g/mol. The Kier molecular flexibility index (Phi) is 4.35. The minimum absolute atomic E-state index is 0.243. The number of nitrogen functional groups attached to an aromatic ring is 1. The van der Waals surface area contributed by atoms with Crippen LogP contribution in [0.4, 0.5) is 0 Å². The minimum Gasteiger partial charge on any atom is -0.455 e. The summed E-state index contributed by atoms with van der Waals surface area (Å²) >= 11 is 0. The van der Waals surface area contributed by atoms with Crippen molar-refractivity contribution < 1.29 is 13.9 Å². The van der Waals surface area contributed by atoms with Crippen LogP contribution in [-0.2, 0) is 11.3 Å². The lowest BCUT2D eigenvalue weighted by molar-refractivity contribution is -0.0342. The lowest BCUT2D eigenvalue weighted by Gasteiger charge is -2.31. The number of ether oxygens (including phenoxy) is 1. The van der Waals surface area contributed by atoms with E-state index in [9.17, 15) is 4.79 Å². The molecule has 2 heterocycles. The van der Waals surface area contributed by atoms with Gasteiger partial charge in [0.25, 0.3) is 0 Å². The van der Waals surface area contributed by atoms with Crippen LogP contribution in [0.2, 0.25) is 0 Å². The number of furan rings is 1. The molecule has 0 saturated carbocycles. The number of hydrogen-bond donors (Lipinski definition) is 2. The number of morpholine rings is 1. The SMILES string of the molecule is CCC1CN(Cc2ccc(C(=O)NN)o2)CCO1. The van der Waals surface area contributed by atoms with Gasteiger partial charge in [0.1, 0.15) is 5.76 Å². The third-order valence-corrected chi connectivity index (χ3v) is 3.07. The number of rotatable bonds is 4. The van der Waals surface area contributed by atoms with E-state index in [1.807, 2.05) is 5.43 Å². The van der Waals surface area contributed by atoms with E-state index in [1.54, 1.807) is 12.1 Å². The molecule has 1 aliphatic heterocycles. The first kappa shape index (κ1) is 13.1. The van der Waals surface area contributed by atoms with Gasteiger partial charge in [-0.3, -0.25) is 15.1 Å². The molecule has 18 heavy (non-hydrogen) atoms. The molecule has 1 saturated heterocycles. The minimum atomic E-state index is -0.408. The summed E-state index contributed by atoms with van der Waals surface area (Å²) in [7, 11) is 0. The smallest absolute Gasteiger partial charge is 0.300 e. The number of carbonyl (C=O) groups excluding carboxylic acids is 1. The second-order valence-electron chi connectivity index (χ2n) is 4.38. The number of nitrogens with two attached hydrogens (primary N) is 1. The summed E-state index contributed by atoms with van der Waals surface area (Å²) in [6.07, 6.45) is 1.30. The zero-order valence-corrected chi connectivity index (χ0v) is 10.5. The number of amides is 1. The molecular weight excluding hydrogens is 234 g/mol. The lowest BCUT2D eigenvalue weighted by Crippen LogP contribution is -2.41. The van der Waals surface area contributed by atoms with Crippen LogP contribution in [0.15, 0.2) is 16.5 Å². The van der Waals surface area contributed by atoms with Crippen molar-refractivity contribution in [3.05, 3.63) is 23.7 Å². The highest BCUT2D eigenvalue weighted by Crippen LogP contribution is 2.14. The Bertz CT molecular complexity index is 405. The van der Waals surface area contributed by atoms with E-state index in [2.05, 4.69) is 11.8 Å². The van der Waals surface area contributed by atoms with Gasteiger partial charge in [-0.2, -0.15) is 0 Å². The molecule has 0 spiro atoms. The summed E-state index contributed by atoms with van der Waals surface area (Å²) < 4.78 is 11.0. The standard InChI is InChI=1S/C12H19N3O3/c1-2-9-7-15(5-6-17-9)8-10-3-4-11(18-10)12(16)14-13/h3-4,9H,2,5-8,13H2,1H3,(H,14,16). The van der Waals surface area contributed by atoms with Crippen LogP contribution in [0.1, 0.15) is 29.7 Å². The molecule has 1 fully saturated rings. The van der Waals surface area contributed by atoms with Crippen LogP contribution >= 0.6 is 0 Å². The number of nitrogens with one attached hydrogen (secondary N) is 1. The first-order valence-corrected chi connectivity index (χ1v) is 6.16. The largest absolute Gasteiger partial charge is 0.455 e. The van der Waals surface area contributed by atoms with E-state index >= 15 is 0 Å². The van der Waals surface area contributed by atoms with Crippen molar-refractivity contribution >= 4 is 5.91 Å². The first-order chi connectivity index (χ1) is 8.72. The van der Waals surface area contributed by atoms with Crippen molar-refractivity contribution in [3.8, 4) is 0 Å². The third-order valence-electron chi connectivity index (χ3n) is 3.07. The second kappa shape index (κ2) is 5.99. The quantitative estimate of drug-likeness (QED) is 0.464. The maximum absolute atomic E-state index is 11.3. The van der Waals surface area contributed by atoms with E-state index in [-0.39, 0.29) is 5.76 Å². The molecule has 3 N–H and O–H groups in total. The topological polar surface area (TPSA) is 80.7 Å². The molecule has 1 aromatic rings. The predicted octanol–water partition coefficient (Wildman–Crippen LogP) is 0.494. The molecule has 1 amide bonds. The van der Waals surface area contributed by atoms with Crippen LogP contribution in [0.5, 0.6) is 0 Å². The van der Waals surface area contributed by atoms with Crippen molar-refractivity contribution in [2.75, 3.05) is 19.7 Å². The molecule has 1 unspecified atom stereocenters. The van der Waals surface area contributed by atoms with E-state index in [0.717, 1.165) is 31.9 Å². The van der Waals surface area contributed by atoms with Gasteiger partial charge in [-0.15, -0.1) is 0 Å². The van der Waals surface area contributed by atoms with Crippen LogP contribution in [0.3, 0.4) is 0 Å². The highest BCUT2D eigenvalue weighted by Gasteiger charge is 2.20. The van der Waals surface area contributed by atoms with Gasteiger partial charge in [0.05, 0.1) is 19.3 Å². The predicted molar refractivity (Wildman–Crippen MR) is 65.7 cm³/mol. The van der Waals surface area contributed by atoms with Gasteiger partial charge in [-0.25, -0.2) is 5.84 Å². The summed E-state index contributed by atoms with van der Waals surface area (Å²) in [6, 6.07) is 3.44. The number of hydrazine groups is 1. The van der Waals surface area contributed by atoms with Gasteiger partial charge >= 0.3 is 5.91 Å². The Labute approximate surface area is 106 Å². The Balaban J connectivity index is 1.92. The Morgan fingerprint density at radius 3 is 3.17 bits per heavy atom. The van der Waals surface area contributed by atoms with Crippen molar-refractivity contribution in [3.63, 3.8) is 0 Å². The fourth-order valence-corrected chi connectivity index (χ4v) is 2.05. The molecule has 100 valence electrons. The summed E-state index contributed by atoms with van der Waals surface area (Å²) in [4.78, 5) is 13.5. The number of hydrogen-bond acceptors (Lipinski definition) is 5. The van der Waals surface area contributed by atoms with Crippen LogP contribution in [-0.4, -0.2) is 36.6 Å². The van der Waals surface area contributed by atoms with Gasteiger partial charge in [0.2, 0.25) is 0 Å². The van der Waals surface area contributed by atoms with Crippen molar-refractivity contribution in [1.29, 1.82) is 0 Å². The van der Waals surface area contributed by atoms with E-state index in [1.165, 1.54) is 0 Å². The summed E-state index contributed by atoms with van der Waals surface area (Å²) in [6.45, 7) is 5.34. The third kappa shape index (κ3) is 3.10.